The maximum atomic E-state index is 13.1. The van der Waals surface area contributed by atoms with Crippen LogP contribution in [0.15, 0.2) is 66.4 Å². The van der Waals surface area contributed by atoms with Gasteiger partial charge in [0.1, 0.15) is 12.4 Å². The van der Waals surface area contributed by atoms with Gasteiger partial charge in [-0.3, -0.25) is 19.9 Å². The van der Waals surface area contributed by atoms with E-state index in [4.69, 9.17) is 0 Å². The number of benzene rings is 1. The van der Waals surface area contributed by atoms with Crippen molar-refractivity contribution in [2.45, 2.75) is 13.0 Å². The van der Waals surface area contributed by atoms with Crippen LogP contribution in [0.1, 0.15) is 18.5 Å². The first-order valence-electron chi connectivity index (χ1n) is 8.38. The minimum Gasteiger partial charge on any atom is -0.328 e. The molecular formula is C18H15N7O3. The van der Waals surface area contributed by atoms with Crippen molar-refractivity contribution in [3.63, 3.8) is 0 Å². The van der Waals surface area contributed by atoms with Crippen molar-refractivity contribution in [2.75, 3.05) is 10.6 Å². The van der Waals surface area contributed by atoms with Crippen LogP contribution in [0.3, 0.4) is 0 Å². The molecule has 10 nitrogen and oxygen atoms in total. The van der Waals surface area contributed by atoms with E-state index < -0.39 is 16.9 Å². The fourth-order valence-electron chi connectivity index (χ4n) is 3.19. The summed E-state index contributed by atoms with van der Waals surface area (Å²) in [5.74, 6) is -0.0131. The zero-order chi connectivity index (χ0) is 19.7. The number of nitrogens with one attached hydrogen (secondary N) is 2. The first kappa shape index (κ1) is 17.3. The van der Waals surface area contributed by atoms with Crippen LogP contribution in [0.2, 0.25) is 0 Å². The summed E-state index contributed by atoms with van der Waals surface area (Å²) < 4.78 is 1.47. The van der Waals surface area contributed by atoms with Crippen molar-refractivity contribution in [3.8, 4) is 0 Å². The van der Waals surface area contributed by atoms with Crippen molar-refractivity contribution >= 4 is 23.2 Å². The highest BCUT2D eigenvalue weighted by atomic mass is 16.6. The molecule has 0 fully saturated rings. The lowest BCUT2D eigenvalue weighted by Crippen LogP contribution is -2.31. The van der Waals surface area contributed by atoms with E-state index in [1.807, 2.05) is 0 Å². The van der Waals surface area contributed by atoms with Crippen LogP contribution in [0.4, 0.5) is 17.3 Å². The van der Waals surface area contributed by atoms with E-state index in [-0.39, 0.29) is 5.69 Å². The first-order chi connectivity index (χ1) is 13.6. The highest BCUT2D eigenvalue weighted by Gasteiger charge is 2.36. The number of hydrogen-bond acceptors (Lipinski definition) is 7. The molecule has 1 unspecified atom stereocenters. The lowest BCUT2D eigenvalue weighted by Gasteiger charge is -2.28. The van der Waals surface area contributed by atoms with Crippen molar-refractivity contribution in [1.29, 1.82) is 0 Å². The lowest BCUT2D eigenvalue weighted by molar-refractivity contribution is -0.385. The number of fused-ring (bicyclic) bond motifs is 1. The molecule has 28 heavy (non-hydrogen) atoms. The summed E-state index contributed by atoms with van der Waals surface area (Å²) in [6.07, 6.45) is 4.45. The van der Waals surface area contributed by atoms with Gasteiger partial charge in [0.15, 0.2) is 0 Å². The largest absolute Gasteiger partial charge is 0.328 e. The minimum atomic E-state index is -0.808. The number of rotatable bonds is 4. The van der Waals surface area contributed by atoms with Crippen LogP contribution in [0.5, 0.6) is 0 Å². The summed E-state index contributed by atoms with van der Waals surface area (Å²) >= 11 is 0. The third-order valence-corrected chi connectivity index (χ3v) is 4.39. The Labute approximate surface area is 159 Å². The van der Waals surface area contributed by atoms with Crippen LogP contribution >= 0.6 is 0 Å². The van der Waals surface area contributed by atoms with E-state index in [2.05, 4.69) is 25.7 Å². The number of hydrogen-bond donors (Lipinski definition) is 2. The standard InChI is InChI=1S/C18H15N7O3/c1-11-15(17(26)23-12-5-4-8-19-9-12)16(24-18(22-11)20-10-21-24)13-6-2-3-7-14(13)25(27)28/h2-10,16H,1H3,(H,23,26)(H,20,21,22). The number of allylic oxidation sites excluding steroid dienone is 1. The molecule has 0 aliphatic carbocycles. The predicted molar refractivity (Wildman–Crippen MR) is 100 cm³/mol. The Hall–Kier alpha value is -4.08. The molecule has 10 heteroatoms. The lowest BCUT2D eigenvalue weighted by atomic mass is 9.93. The Morgan fingerprint density at radius 1 is 1.29 bits per heavy atom. The second-order valence-corrected chi connectivity index (χ2v) is 6.11. The monoisotopic (exact) mass is 377 g/mol. The smallest absolute Gasteiger partial charge is 0.275 e. The summed E-state index contributed by atoms with van der Waals surface area (Å²) in [5.41, 5.74) is 1.59. The number of carbonyl (C=O) groups is 1. The van der Waals surface area contributed by atoms with Crippen molar-refractivity contribution in [2.24, 2.45) is 0 Å². The minimum absolute atomic E-state index is 0.102. The van der Waals surface area contributed by atoms with E-state index >= 15 is 0 Å². The third-order valence-electron chi connectivity index (χ3n) is 4.39. The molecule has 1 aliphatic heterocycles. The van der Waals surface area contributed by atoms with Gasteiger partial charge in [0, 0.05) is 18.0 Å². The maximum Gasteiger partial charge on any atom is 0.275 e. The molecule has 0 radical (unpaired) electrons. The summed E-state index contributed by atoms with van der Waals surface area (Å²) in [7, 11) is 0. The predicted octanol–water partition coefficient (Wildman–Crippen LogP) is 2.51. The van der Waals surface area contributed by atoms with E-state index in [1.165, 1.54) is 23.3 Å². The molecular weight excluding hydrogens is 362 g/mol. The molecule has 1 atom stereocenters. The molecule has 4 rings (SSSR count). The van der Waals surface area contributed by atoms with Gasteiger partial charge in [0.25, 0.3) is 11.6 Å². The van der Waals surface area contributed by atoms with Crippen LogP contribution < -0.4 is 10.6 Å². The molecule has 2 N–H and O–H groups in total. The second kappa shape index (κ2) is 6.91. The maximum absolute atomic E-state index is 13.1. The van der Waals surface area contributed by atoms with Gasteiger partial charge in [-0.05, 0) is 25.1 Å². The van der Waals surface area contributed by atoms with Crippen LogP contribution in [-0.2, 0) is 4.79 Å². The molecule has 2 aromatic heterocycles. The fraction of sp³-hybridized carbons (Fsp3) is 0.111. The second-order valence-electron chi connectivity index (χ2n) is 6.11. The normalized spacial score (nSPS) is 15.5. The topological polar surface area (TPSA) is 128 Å². The summed E-state index contributed by atoms with van der Waals surface area (Å²) in [6.45, 7) is 1.72. The summed E-state index contributed by atoms with van der Waals surface area (Å²) in [4.78, 5) is 32.3. The average molecular weight is 377 g/mol. The Morgan fingerprint density at radius 2 is 2.11 bits per heavy atom. The van der Waals surface area contributed by atoms with Gasteiger partial charge in [-0.15, -0.1) is 0 Å². The Morgan fingerprint density at radius 3 is 2.86 bits per heavy atom. The van der Waals surface area contributed by atoms with Crippen molar-refractivity contribution in [1.82, 2.24) is 19.7 Å². The number of nitro benzene ring substituents is 1. The number of nitrogens with zero attached hydrogens (tertiary/aromatic N) is 5. The molecule has 0 bridgehead atoms. The number of pyridine rings is 1. The van der Waals surface area contributed by atoms with Gasteiger partial charge in [-0.2, -0.15) is 10.1 Å². The van der Waals surface area contributed by atoms with E-state index in [9.17, 15) is 14.9 Å². The molecule has 1 aliphatic rings. The molecule has 140 valence electrons. The highest BCUT2D eigenvalue weighted by Crippen LogP contribution is 2.38. The quantitative estimate of drug-likeness (QED) is 0.528. The molecule has 0 spiro atoms. The van der Waals surface area contributed by atoms with Gasteiger partial charge in [-0.25, -0.2) is 4.68 Å². The average Bonchev–Trinajstić information content (AvgIpc) is 3.15. The third kappa shape index (κ3) is 2.96. The molecule has 3 aromatic rings. The zero-order valence-electron chi connectivity index (χ0n) is 14.7. The van der Waals surface area contributed by atoms with E-state index in [1.54, 1.807) is 43.5 Å². The Balaban J connectivity index is 1.84. The van der Waals surface area contributed by atoms with E-state index in [0.29, 0.717) is 28.5 Å². The SMILES string of the molecule is CC1=C(C(=O)Nc2cccnc2)C(c2ccccc2[N+](=O)[O-])n2ncnc2N1. The summed E-state index contributed by atoms with van der Waals surface area (Å²) in [6, 6.07) is 8.88. The number of amides is 1. The van der Waals surface area contributed by atoms with Crippen LogP contribution in [0, 0.1) is 10.1 Å². The van der Waals surface area contributed by atoms with Crippen LogP contribution in [-0.4, -0.2) is 30.6 Å². The number of nitro groups is 1. The molecule has 0 saturated heterocycles. The molecule has 1 aromatic carbocycles. The zero-order valence-corrected chi connectivity index (χ0v) is 14.7. The van der Waals surface area contributed by atoms with Crippen molar-refractivity contribution < 1.29 is 9.72 Å². The van der Waals surface area contributed by atoms with Crippen molar-refractivity contribution in [3.05, 3.63) is 82.1 Å². The van der Waals surface area contributed by atoms with Gasteiger partial charge in [0.05, 0.1) is 27.9 Å². The molecule has 3 heterocycles. The summed E-state index contributed by atoms with van der Waals surface area (Å²) in [5, 5.41) is 21.6. The van der Waals surface area contributed by atoms with Gasteiger partial charge < -0.3 is 10.6 Å². The Kier molecular flexibility index (Phi) is 4.28. The highest BCUT2D eigenvalue weighted by molar-refractivity contribution is 6.06. The molecule has 1 amide bonds. The first-order valence-corrected chi connectivity index (χ1v) is 8.38. The van der Waals surface area contributed by atoms with E-state index in [0.717, 1.165) is 0 Å². The number of anilines is 2. The van der Waals surface area contributed by atoms with Crippen LogP contribution in [0.25, 0.3) is 0 Å². The Bertz CT molecular complexity index is 1090. The molecule has 0 saturated carbocycles. The van der Waals surface area contributed by atoms with Gasteiger partial charge >= 0.3 is 0 Å². The fourth-order valence-corrected chi connectivity index (χ4v) is 3.19. The number of para-hydroxylation sites is 1. The number of aromatic nitrogens is 4. The number of carbonyl (C=O) groups excluding carboxylic acids is 1. The van der Waals surface area contributed by atoms with Gasteiger partial charge in [-0.1, -0.05) is 12.1 Å². The van der Waals surface area contributed by atoms with Gasteiger partial charge in [0.2, 0.25) is 5.95 Å².